The van der Waals surface area contributed by atoms with Crippen LogP contribution in [-0.4, -0.2) is 35.0 Å². The summed E-state index contributed by atoms with van der Waals surface area (Å²) in [7, 11) is 1.88. The number of allylic oxidation sites excluding steroid dienone is 1. The molecule has 130 valence electrons. The molecule has 1 aliphatic heterocycles. The molecule has 5 heteroatoms. The molecule has 5 nitrogen and oxygen atoms in total. The Morgan fingerprint density at radius 3 is 2.71 bits per heavy atom. The fourth-order valence-corrected chi connectivity index (χ4v) is 2.95. The highest BCUT2D eigenvalue weighted by atomic mass is 16.3. The third-order valence-corrected chi connectivity index (χ3v) is 5.02. The van der Waals surface area contributed by atoms with Crippen LogP contribution in [0.4, 0.5) is 5.69 Å². The minimum Gasteiger partial charge on any atom is -0.508 e. The second kappa shape index (κ2) is 7.43. The van der Waals surface area contributed by atoms with E-state index >= 15 is 0 Å². The van der Waals surface area contributed by atoms with Crippen LogP contribution in [0, 0.1) is 17.2 Å². The summed E-state index contributed by atoms with van der Waals surface area (Å²) in [5.74, 6) is 1.31. The van der Waals surface area contributed by atoms with Crippen LogP contribution in [0.2, 0.25) is 0 Å². The molecule has 0 amide bonds. The monoisotopic (exact) mass is 328 g/mol. The lowest BCUT2D eigenvalue weighted by Crippen LogP contribution is -2.48. The Morgan fingerprint density at radius 2 is 2.04 bits per heavy atom. The van der Waals surface area contributed by atoms with Crippen LogP contribution in [0.3, 0.4) is 0 Å². The van der Waals surface area contributed by atoms with E-state index in [0.29, 0.717) is 11.8 Å². The van der Waals surface area contributed by atoms with Crippen LogP contribution in [0.15, 0.2) is 48.8 Å². The Kier molecular flexibility index (Phi) is 5.54. The average molecular weight is 328 g/mol. The lowest BCUT2D eigenvalue weighted by Gasteiger charge is -2.35. The van der Waals surface area contributed by atoms with Crippen LogP contribution >= 0.6 is 0 Å². The summed E-state index contributed by atoms with van der Waals surface area (Å²) in [6, 6.07) is 7.27. The molecule has 1 aromatic rings. The molecular weight excluding hydrogens is 300 g/mol. The summed E-state index contributed by atoms with van der Waals surface area (Å²) in [5.41, 5.74) is 1.71. The second-order valence-electron chi connectivity index (χ2n) is 6.61. The van der Waals surface area contributed by atoms with Crippen molar-refractivity contribution < 1.29 is 5.11 Å². The van der Waals surface area contributed by atoms with Gasteiger partial charge in [-0.1, -0.05) is 26.5 Å². The zero-order valence-corrected chi connectivity index (χ0v) is 14.9. The maximum Gasteiger partial charge on any atom is 0.123 e. The van der Waals surface area contributed by atoms with Gasteiger partial charge >= 0.3 is 0 Å². The number of likely N-dealkylation sites (N-methyl/N-ethyl adjacent to an activating group) is 1. The zero-order chi connectivity index (χ0) is 17.9. The molecule has 0 radical (unpaired) electrons. The standard InChI is InChI=1S/C19H28N4O/c1-12-9-10-21-18(19(20)23(12)5)14(3)13(2)15(4)22-16-7-6-8-17(24)11-16/h6-11,13-15,18,20-22,24H,1H2,2-5H3/t13-,14-,15-,18?/m1/s1. The van der Waals surface area contributed by atoms with Crippen LogP contribution in [0.5, 0.6) is 5.75 Å². The van der Waals surface area contributed by atoms with Gasteiger partial charge in [-0.25, -0.2) is 0 Å². The molecule has 1 aromatic carbocycles. The number of rotatable bonds is 5. The lowest BCUT2D eigenvalue weighted by atomic mass is 9.83. The summed E-state index contributed by atoms with van der Waals surface area (Å²) in [6.45, 7) is 10.4. The molecule has 1 aliphatic rings. The number of amidine groups is 1. The maximum absolute atomic E-state index is 9.60. The molecule has 0 fully saturated rings. The zero-order valence-electron chi connectivity index (χ0n) is 14.9. The van der Waals surface area contributed by atoms with Gasteiger partial charge in [0.2, 0.25) is 0 Å². The maximum atomic E-state index is 9.60. The molecule has 4 atom stereocenters. The number of phenols is 1. The second-order valence-corrected chi connectivity index (χ2v) is 6.61. The van der Waals surface area contributed by atoms with Crippen LogP contribution in [0.1, 0.15) is 20.8 Å². The predicted octanol–water partition coefficient (Wildman–Crippen LogP) is 3.37. The summed E-state index contributed by atoms with van der Waals surface area (Å²) < 4.78 is 0. The summed E-state index contributed by atoms with van der Waals surface area (Å²) in [5, 5.41) is 24.8. The number of hydrogen-bond acceptors (Lipinski definition) is 4. The number of hydrogen-bond donors (Lipinski definition) is 4. The van der Waals surface area contributed by atoms with Gasteiger partial charge in [0, 0.05) is 30.5 Å². The van der Waals surface area contributed by atoms with Gasteiger partial charge in [0.1, 0.15) is 11.6 Å². The fourth-order valence-electron chi connectivity index (χ4n) is 2.95. The van der Waals surface area contributed by atoms with Gasteiger partial charge < -0.3 is 20.6 Å². The molecule has 0 saturated heterocycles. The summed E-state index contributed by atoms with van der Waals surface area (Å²) in [4.78, 5) is 1.82. The summed E-state index contributed by atoms with van der Waals surface area (Å²) in [6.07, 6.45) is 3.77. The molecule has 24 heavy (non-hydrogen) atoms. The Labute approximate surface area is 144 Å². The van der Waals surface area contributed by atoms with Crippen LogP contribution in [0.25, 0.3) is 0 Å². The third kappa shape index (κ3) is 3.91. The fraction of sp³-hybridized carbons (Fsp3) is 0.421. The number of phenolic OH excluding ortho intramolecular Hbond substituents is 1. The first-order chi connectivity index (χ1) is 11.3. The van der Waals surface area contributed by atoms with E-state index in [4.69, 9.17) is 5.41 Å². The van der Waals surface area contributed by atoms with E-state index in [2.05, 4.69) is 38.0 Å². The largest absolute Gasteiger partial charge is 0.508 e. The van der Waals surface area contributed by atoms with Crippen LogP contribution in [-0.2, 0) is 0 Å². The number of benzene rings is 1. The van der Waals surface area contributed by atoms with Gasteiger partial charge in [0.15, 0.2) is 0 Å². The molecular formula is C19H28N4O. The van der Waals surface area contributed by atoms with Gasteiger partial charge in [0.05, 0.1) is 6.04 Å². The molecule has 2 rings (SSSR count). The van der Waals surface area contributed by atoms with E-state index in [1.54, 1.807) is 12.1 Å². The quantitative estimate of drug-likeness (QED) is 0.669. The minimum absolute atomic E-state index is 0.0751. The SMILES string of the molecule is C=C1C=CNC([C@H](C)[C@@H](C)[C@@H](C)Nc2cccc(O)c2)C(=N)N1C. The molecule has 0 saturated carbocycles. The van der Waals surface area contributed by atoms with E-state index in [9.17, 15) is 5.11 Å². The van der Waals surface area contributed by atoms with Crippen molar-refractivity contribution >= 4 is 11.5 Å². The Hall–Kier alpha value is -2.43. The van der Waals surface area contributed by atoms with Crippen molar-refractivity contribution in [3.05, 3.63) is 48.8 Å². The number of anilines is 1. The van der Waals surface area contributed by atoms with Crippen LogP contribution < -0.4 is 10.6 Å². The molecule has 0 aromatic heterocycles. The predicted molar refractivity (Wildman–Crippen MR) is 100 cm³/mol. The molecule has 0 spiro atoms. The number of nitrogens with zero attached hydrogens (tertiary/aromatic N) is 1. The first kappa shape index (κ1) is 17.9. The van der Waals surface area contributed by atoms with Gasteiger partial charge in [-0.2, -0.15) is 0 Å². The highest BCUT2D eigenvalue weighted by Crippen LogP contribution is 2.25. The normalized spacial score (nSPS) is 21.7. The van der Waals surface area contributed by atoms with E-state index in [-0.39, 0.29) is 23.8 Å². The Bertz CT molecular complexity index is 640. The smallest absolute Gasteiger partial charge is 0.123 e. The number of aromatic hydroxyl groups is 1. The first-order valence-electron chi connectivity index (χ1n) is 8.30. The Balaban J connectivity index is 2.07. The van der Waals surface area contributed by atoms with Crippen molar-refractivity contribution in [2.24, 2.45) is 11.8 Å². The lowest BCUT2D eigenvalue weighted by molar-refractivity contribution is 0.311. The third-order valence-electron chi connectivity index (χ3n) is 5.02. The highest BCUT2D eigenvalue weighted by molar-refractivity contribution is 5.87. The van der Waals surface area contributed by atoms with Crippen molar-refractivity contribution in [1.82, 2.24) is 10.2 Å². The first-order valence-corrected chi connectivity index (χ1v) is 8.30. The van der Waals surface area contributed by atoms with Crippen molar-refractivity contribution in [2.75, 3.05) is 12.4 Å². The van der Waals surface area contributed by atoms with Crippen molar-refractivity contribution in [3.8, 4) is 5.75 Å². The van der Waals surface area contributed by atoms with Crippen molar-refractivity contribution in [3.63, 3.8) is 0 Å². The van der Waals surface area contributed by atoms with E-state index in [0.717, 1.165) is 11.4 Å². The summed E-state index contributed by atoms with van der Waals surface area (Å²) >= 11 is 0. The van der Waals surface area contributed by atoms with E-state index < -0.39 is 0 Å². The van der Waals surface area contributed by atoms with Gasteiger partial charge in [-0.15, -0.1) is 0 Å². The van der Waals surface area contributed by atoms with Gasteiger partial charge in [-0.3, -0.25) is 5.41 Å². The molecule has 0 bridgehead atoms. The van der Waals surface area contributed by atoms with Gasteiger partial charge in [0.25, 0.3) is 0 Å². The Morgan fingerprint density at radius 1 is 1.33 bits per heavy atom. The van der Waals surface area contributed by atoms with Crippen molar-refractivity contribution in [2.45, 2.75) is 32.9 Å². The highest BCUT2D eigenvalue weighted by Gasteiger charge is 2.31. The molecule has 1 unspecified atom stereocenters. The van der Waals surface area contributed by atoms with Crippen molar-refractivity contribution in [1.29, 1.82) is 5.41 Å². The molecule has 0 aliphatic carbocycles. The van der Waals surface area contributed by atoms with E-state index in [1.807, 2.05) is 36.4 Å². The van der Waals surface area contributed by atoms with E-state index in [1.165, 1.54) is 0 Å². The van der Waals surface area contributed by atoms with Gasteiger partial charge in [-0.05, 0) is 43.2 Å². The molecule has 4 N–H and O–H groups in total. The minimum atomic E-state index is -0.0751. The molecule has 1 heterocycles. The average Bonchev–Trinajstić information content (AvgIpc) is 2.67. The topological polar surface area (TPSA) is 71.4 Å². The number of nitrogens with one attached hydrogen (secondary N) is 3.